The van der Waals surface area contributed by atoms with Crippen molar-refractivity contribution in [1.29, 1.82) is 0 Å². The van der Waals surface area contributed by atoms with Crippen molar-refractivity contribution in [2.24, 2.45) is 0 Å². The molecular formula is C36H44N2O10S2+2. The van der Waals surface area contributed by atoms with Gasteiger partial charge in [0.15, 0.2) is 47.8 Å². The molecular weight excluding hydrogens is 685 g/mol. The summed E-state index contributed by atoms with van der Waals surface area (Å²) < 4.78 is 89.7. The number of aromatic nitrogens is 2. The van der Waals surface area contributed by atoms with Crippen LogP contribution >= 0.6 is 0 Å². The molecule has 14 heteroatoms. The molecule has 0 amide bonds. The zero-order chi connectivity index (χ0) is 36.1. The van der Waals surface area contributed by atoms with Crippen molar-refractivity contribution in [3.8, 4) is 23.0 Å². The summed E-state index contributed by atoms with van der Waals surface area (Å²) in [5.74, 6) is 1.80. The van der Waals surface area contributed by atoms with E-state index >= 15 is 0 Å². The third kappa shape index (κ3) is 8.73. The lowest BCUT2D eigenvalue weighted by molar-refractivity contribution is -0.697. The lowest BCUT2D eigenvalue weighted by Gasteiger charge is -2.53. The summed E-state index contributed by atoms with van der Waals surface area (Å²) in [6.45, 7) is 0.861. The summed E-state index contributed by atoms with van der Waals surface area (Å²) in [4.78, 5) is 0. The second kappa shape index (κ2) is 15.8. The van der Waals surface area contributed by atoms with Gasteiger partial charge in [0.05, 0.1) is 39.9 Å². The monoisotopic (exact) mass is 728 g/mol. The molecule has 0 spiro atoms. The van der Waals surface area contributed by atoms with Crippen molar-refractivity contribution < 1.29 is 54.0 Å². The van der Waals surface area contributed by atoms with Gasteiger partial charge in [0.25, 0.3) is 20.2 Å². The number of aryl methyl sites for hydroxylation is 2. The van der Waals surface area contributed by atoms with Crippen molar-refractivity contribution in [1.82, 2.24) is 0 Å². The fourth-order valence-electron chi connectivity index (χ4n) is 7.07. The number of hydrogen-bond donors (Lipinski definition) is 2. The normalized spacial score (nSPS) is 19.0. The van der Waals surface area contributed by atoms with Crippen LogP contribution < -0.4 is 28.1 Å². The lowest BCUT2D eigenvalue weighted by atomic mass is 9.49. The Bertz CT molecular complexity index is 1830. The maximum absolute atomic E-state index is 11.3. The quantitative estimate of drug-likeness (QED) is 0.126. The van der Waals surface area contributed by atoms with Gasteiger partial charge in [-0.3, -0.25) is 9.11 Å². The van der Waals surface area contributed by atoms with Crippen LogP contribution in [0.2, 0.25) is 0 Å². The average Bonchev–Trinajstić information content (AvgIpc) is 3.08. The zero-order valence-electron chi connectivity index (χ0n) is 28.5. The topological polar surface area (TPSA) is 153 Å². The molecule has 0 radical (unpaired) electrons. The molecule has 0 saturated heterocycles. The largest absolute Gasteiger partial charge is 0.493 e. The van der Waals surface area contributed by atoms with Crippen LogP contribution in [-0.2, 0) is 33.3 Å². The zero-order valence-corrected chi connectivity index (χ0v) is 30.1. The summed E-state index contributed by atoms with van der Waals surface area (Å²) in [5.41, 5.74) is 4.29. The first-order valence-corrected chi connectivity index (χ1v) is 19.4. The van der Waals surface area contributed by atoms with Crippen LogP contribution in [-0.4, -0.2) is 65.9 Å². The second-order valence-electron chi connectivity index (χ2n) is 12.3. The first-order chi connectivity index (χ1) is 23.9. The highest BCUT2D eigenvalue weighted by Gasteiger charge is 2.53. The Morgan fingerprint density at radius 2 is 0.820 bits per heavy atom. The molecule has 0 aliphatic heterocycles. The van der Waals surface area contributed by atoms with E-state index in [-0.39, 0.29) is 48.0 Å². The molecule has 268 valence electrons. The van der Waals surface area contributed by atoms with E-state index < -0.39 is 20.2 Å². The van der Waals surface area contributed by atoms with Gasteiger partial charge < -0.3 is 18.9 Å². The summed E-state index contributed by atoms with van der Waals surface area (Å²) in [6.07, 6.45) is 8.29. The predicted octanol–water partition coefficient (Wildman–Crippen LogP) is 4.30. The van der Waals surface area contributed by atoms with E-state index in [2.05, 4.69) is 36.4 Å². The molecule has 0 bridgehead atoms. The second-order valence-corrected chi connectivity index (χ2v) is 15.5. The van der Waals surface area contributed by atoms with Crippen molar-refractivity contribution in [2.45, 2.75) is 49.6 Å². The molecule has 50 heavy (non-hydrogen) atoms. The third-order valence-electron chi connectivity index (χ3n) is 9.37. The molecule has 5 rings (SSSR count). The van der Waals surface area contributed by atoms with Crippen molar-refractivity contribution in [3.63, 3.8) is 0 Å². The molecule has 2 N–H and O–H groups in total. The molecule has 2 aromatic carbocycles. The van der Waals surface area contributed by atoms with Crippen LogP contribution in [0.25, 0.3) is 0 Å². The average molecular weight is 729 g/mol. The number of methoxy groups -OCH3 is 4. The fraction of sp³-hybridized carbons (Fsp3) is 0.389. The number of hydrogen-bond acceptors (Lipinski definition) is 8. The molecule has 2 aromatic heterocycles. The Kier molecular flexibility index (Phi) is 11.7. The molecule has 2 heterocycles. The number of nitrogens with zero attached hydrogens (tertiary/aromatic N) is 2. The number of ether oxygens (including phenoxy) is 4. The van der Waals surface area contributed by atoms with E-state index in [0.29, 0.717) is 36.1 Å². The Hall–Kier alpha value is -4.24. The Labute approximate surface area is 293 Å². The molecule has 1 saturated carbocycles. The first-order valence-electron chi connectivity index (χ1n) is 16.2. The molecule has 0 unspecified atom stereocenters. The number of pyridine rings is 2. The first kappa shape index (κ1) is 37.0. The summed E-state index contributed by atoms with van der Waals surface area (Å²) in [5, 5.41) is 0. The minimum atomic E-state index is -4.04. The molecule has 1 aliphatic carbocycles. The van der Waals surface area contributed by atoms with E-state index in [1.165, 1.54) is 0 Å². The summed E-state index contributed by atoms with van der Waals surface area (Å²) in [7, 11) is -1.66. The summed E-state index contributed by atoms with van der Waals surface area (Å²) >= 11 is 0. The maximum atomic E-state index is 11.3. The van der Waals surface area contributed by atoms with Gasteiger partial charge in [0.2, 0.25) is 0 Å². The standard InChI is InChI=1S/C36H42N2O10S2/c1-45-29-9-7-27(23-31(29)47-3)35-33(25-11-17-37(18-12-25)15-5-21-49(39,40)41)36(28-8-10-30(46-2)32(24-28)48-4)34(35)26-13-19-38(20-14-26)16-6-22-50(42,43)44/h7-14,17-20,23-24,33-36H,5-6,15-16,21-22H2,1-4H3/p+2. The van der Waals surface area contributed by atoms with Crippen LogP contribution in [0.4, 0.5) is 0 Å². The van der Waals surface area contributed by atoms with Crippen LogP contribution in [0, 0.1) is 0 Å². The van der Waals surface area contributed by atoms with Gasteiger partial charge >= 0.3 is 0 Å². The highest BCUT2D eigenvalue weighted by Crippen LogP contribution is 2.67. The van der Waals surface area contributed by atoms with Gasteiger partial charge in [-0.2, -0.15) is 16.8 Å². The van der Waals surface area contributed by atoms with Crippen LogP contribution in [0.3, 0.4) is 0 Å². The highest BCUT2D eigenvalue weighted by atomic mass is 32.2. The van der Waals surface area contributed by atoms with Crippen LogP contribution in [0.1, 0.15) is 58.8 Å². The van der Waals surface area contributed by atoms with E-state index in [0.717, 1.165) is 22.3 Å². The minimum Gasteiger partial charge on any atom is -0.493 e. The van der Waals surface area contributed by atoms with Gasteiger partial charge in [-0.1, -0.05) is 12.1 Å². The lowest BCUT2D eigenvalue weighted by Crippen LogP contribution is -2.41. The van der Waals surface area contributed by atoms with E-state index in [1.807, 2.05) is 58.2 Å². The van der Waals surface area contributed by atoms with E-state index in [1.54, 1.807) is 28.4 Å². The Balaban J connectivity index is 1.59. The molecule has 0 atom stereocenters. The summed E-state index contributed by atoms with van der Waals surface area (Å²) in [6, 6.07) is 20.2. The minimum absolute atomic E-state index is 0.00855. The predicted molar refractivity (Wildman–Crippen MR) is 185 cm³/mol. The Morgan fingerprint density at radius 1 is 0.500 bits per heavy atom. The van der Waals surface area contributed by atoms with Gasteiger partial charge in [0.1, 0.15) is 13.1 Å². The van der Waals surface area contributed by atoms with E-state index in [9.17, 15) is 16.8 Å². The smallest absolute Gasteiger partial charge is 0.265 e. The van der Waals surface area contributed by atoms with Crippen molar-refractivity contribution >= 4 is 20.2 Å². The van der Waals surface area contributed by atoms with Crippen LogP contribution in [0.15, 0.2) is 85.5 Å². The maximum Gasteiger partial charge on any atom is 0.265 e. The van der Waals surface area contributed by atoms with Crippen molar-refractivity contribution in [2.75, 3.05) is 39.9 Å². The van der Waals surface area contributed by atoms with Crippen LogP contribution in [0.5, 0.6) is 23.0 Å². The van der Waals surface area contributed by atoms with Crippen molar-refractivity contribution in [3.05, 3.63) is 108 Å². The molecule has 1 aliphatic rings. The van der Waals surface area contributed by atoms with Gasteiger partial charge in [-0.15, -0.1) is 0 Å². The molecule has 1 fully saturated rings. The highest BCUT2D eigenvalue weighted by molar-refractivity contribution is 7.86. The number of benzene rings is 2. The SMILES string of the molecule is COc1ccc(C2C(c3cc[n+](CCCS(=O)(=O)O)cc3)C(c3ccc(OC)c(OC)c3)C2c2cc[n+](CCCS(=O)(=O)O)cc2)cc1OC. The number of rotatable bonds is 16. The van der Waals surface area contributed by atoms with Gasteiger partial charge in [-0.05, 0) is 70.2 Å². The van der Waals surface area contributed by atoms with E-state index in [4.69, 9.17) is 28.1 Å². The third-order valence-corrected chi connectivity index (χ3v) is 11.0. The molecule has 12 nitrogen and oxygen atoms in total. The van der Waals surface area contributed by atoms with Gasteiger partial charge in [0, 0.05) is 37.1 Å². The molecule has 4 aromatic rings. The fourth-order valence-corrected chi connectivity index (χ4v) is 8.05. The van der Waals surface area contributed by atoms with Gasteiger partial charge in [-0.25, -0.2) is 9.13 Å². The Morgan fingerprint density at radius 3 is 1.12 bits per heavy atom.